The first-order chi connectivity index (χ1) is 25.0. The lowest BCUT2D eigenvalue weighted by atomic mass is 9.73. The summed E-state index contributed by atoms with van der Waals surface area (Å²) in [7, 11) is -5.15. The van der Waals surface area contributed by atoms with Gasteiger partial charge in [0.05, 0.1) is 33.8 Å². The summed E-state index contributed by atoms with van der Waals surface area (Å²) in [4.78, 5) is 6.34. The zero-order chi connectivity index (χ0) is 39.4. The van der Waals surface area contributed by atoms with E-state index >= 15 is 4.57 Å². The Hall–Kier alpha value is -4.28. The van der Waals surface area contributed by atoms with Crippen LogP contribution in [0.15, 0.2) is 85.6 Å². The van der Waals surface area contributed by atoms with Gasteiger partial charge in [0.25, 0.3) is 0 Å². The van der Waals surface area contributed by atoms with E-state index in [1.807, 2.05) is 4.90 Å². The van der Waals surface area contributed by atoms with Gasteiger partial charge in [-0.3, -0.25) is 14.4 Å². The fraction of sp³-hybridized carbons (Fsp3) is 0.343. The molecule has 2 bridgehead atoms. The van der Waals surface area contributed by atoms with E-state index in [2.05, 4.69) is 26.8 Å². The van der Waals surface area contributed by atoms with Crippen LogP contribution in [0, 0.1) is 11.8 Å². The summed E-state index contributed by atoms with van der Waals surface area (Å²) in [6, 6.07) is 6.90. The number of piperidine rings is 3. The first kappa shape index (κ1) is 39.4. The standard InChI is InChI=1S/C35H30F12N5OP/c1-2-19-18-52-10-8-20(19)11-30(52)31(28-7-9-48-29-6-4-3-5-27(28)29)51-54(53,49-25-14-21(32(36,37)38)12-22(15-25)33(39,40)41)50-26-16-23(34(42,43)44)13-24(17-26)35(45,46)47/h2-7,9,12-17,19-20,30-31H,1,8,10-11,18H2,(H3,49,50,51,53)/t19-,20-,30+,31-/m0/s1. The van der Waals surface area contributed by atoms with Crippen LogP contribution in [0.1, 0.15) is 46.7 Å². The first-order valence-corrected chi connectivity index (χ1v) is 18.0. The first-order valence-electron chi connectivity index (χ1n) is 16.3. The Morgan fingerprint density at radius 3 is 1.70 bits per heavy atom. The Labute approximate surface area is 300 Å². The summed E-state index contributed by atoms with van der Waals surface area (Å²) in [6.45, 7) is 4.88. The fourth-order valence-electron chi connectivity index (χ4n) is 7.17. The van der Waals surface area contributed by atoms with Crippen LogP contribution in [-0.4, -0.2) is 29.0 Å². The molecule has 1 aromatic heterocycles. The van der Waals surface area contributed by atoms with Crippen molar-refractivity contribution in [3.63, 3.8) is 0 Å². The van der Waals surface area contributed by atoms with Crippen molar-refractivity contribution in [1.29, 1.82) is 0 Å². The van der Waals surface area contributed by atoms with Crippen LogP contribution in [0.5, 0.6) is 0 Å². The lowest BCUT2D eigenvalue weighted by Gasteiger charge is -2.52. The number of alkyl halides is 12. The second kappa shape index (κ2) is 14.1. The molecule has 1 unspecified atom stereocenters. The van der Waals surface area contributed by atoms with Crippen molar-refractivity contribution < 1.29 is 57.3 Å². The average Bonchev–Trinajstić information content (AvgIpc) is 3.08. The molecule has 3 aliphatic heterocycles. The van der Waals surface area contributed by atoms with Crippen molar-refractivity contribution in [3.05, 3.63) is 113 Å². The van der Waals surface area contributed by atoms with Crippen LogP contribution >= 0.6 is 7.59 Å². The molecule has 0 aliphatic carbocycles. The Bertz CT molecular complexity index is 1930. The molecule has 3 saturated heterocycles. The van der Waals surface area contributed by atoms with E-state index in [1.54, 1.807) is 30.3 Å². The number of hydrogen-bond donors (Lipinski definition) is 3. The minimum atomic E-state index is -5.35. The molecule has 0 radical (unpaired) electrons. The Morgan fingerprint density at radius 1 is 0.759 bits per heavy atom. The number of nitrogens with one attached hydrogen (secondary N) is 3. The molecule has 3 aliphatic rings. The van der Waals surface area contributed by atoms with E-state index in [1.165, 1.54) is 12.3 Å². The van der Waals surface area contributed by atoms with Crippen molar-refractivity contribution in [1.82, 2.24) is 15.0 Å². The number of pyridine rings is 1. The number of fused-ring (bicyclic) bond motifs is 4. The number of halogens is 12. The second-order valence-corrected chi connectivity index (χ2v) is 15.1. The normalized spacial score (nSPS) is 21.6. The van der Waals surface area contributed by atoms with Gasteiger partial charge in [0.1, 0.15) is 0 Å². The molecule has 7 rings (SSSR count). The van der Waals surface area contributed by atoms with Crippen molar-refractivity contribution in [2.45, 2.75) is 49.6 Å². The smallest absolute Gasteiger partial charge is 0.308 e. The van der Waals surface area contributed by atoms with Crippen molar-refractivity contribution in [3.8, 4) is 0 Å². The quantitative estimate of drug-likeness (QED) is 0.0891. The lowest BCUT2D eigenvalue weighted by molar-refractivity contribution is -0.144. The van der Waals surface area contributed by atoms with Crippen molar-refractivity contribution >= 4 is 29.9 Å². The summed E-state index contributed by atoms with van der Waals surface area (Å²) < 4.78 is 182. The molecule has 4 aromatic rings. The minimum Gasteiger partial charge on any atom is -0.308 e. The molecule has 19 heteroatoms. The molecule has 3 N–H and O–H groups in total. The maximum atomic E-state index is 15.2. The van der Waals surface area contributed by atoms with E-state index in [4.69, 9.17) is 0 Å². The van der Waals surface area contributed by atoms with Gasteiger partial charge in [-0.15, -0.1) is 6.58 Å². The number of benzene rings is 3. The number of hydrogen-bond acceptors (Lipinski definition) is 3. The highest BCUT2D eigenvalue weighted by Crippen LogP contribution is 2.51. The van der Waals surface area contributed by atoms with Gasteiger partial charge < -0.3 is 10.2 Å². The zero-order valence-electron chi connectivity index (χ0n) is 27.6. The van der Waals surface area contributed by atoms with Crippen LogP contribution in [0.25, 0.3) is 10.9 Å². The molecule has 290 valence electrons. The van der Waals surface area contributed by atoms with Gasteiger partial charge in [-0.25, -0.2) is 5.09 Å². The van der Waals surface area contributed by atoms with Gasteiger partial charge >= 0.3 is 32.3 Å². The maximum Gasteiger partial charge on any atom is 0.416 e. The Kier molecular flexibility index (Phi) is 10.3. The van der Waals surface area contributed by atoms with Gasteiger partial charge in [-0.1, -0.05) is 24.3 Å². The van der Waals surface area contributed by atoms with Crippen LogP contribution in [0.2, 0.25) is 0 Å². The second-order valence-electron chi connectivity index (χ2n) is 13.2. The van der Waals surface area contributed by atoms with Gasteiger partial charge in [-0.2, -0.15) is 52.7 Å². The van der Waals surface area contributed by atoms with E-state index in [9.17, 15) is 52.7 Å². The fourth-order valence-corrected chi connectivity index (χ4v) is 9.04. The molecular weight excluding hydrogens is 765 g/mol. The molecule has 6 nitrogen and oxygen atoms in total. The van der Waals surface area contributed by atoms with Gasteiger partial charge in [0.15, 0.2) is 0 Å². The molecule has 3 fully saturated rings. The van der Waals surface area contributed by atoms with Gasteiger partial charge in [-0.05, 0) is 85.3 Å². The molecule has 54 heavy (non-hydrogen) atoms. The summed E-state index contributed by atoms with van der Waals surface area (Å²) in [5.74, 6) is 0.0931. The van der Waals surface area contributed by atoms with Crippen LogP contribution in [0.3, 0.4) is 0 Å². The van der Waals surface area contributed by atoms with Gasteiger partial charge in [0, 0.05) is 35.5 Å². The third-order valence-electron chi connectivity index (χ3n) is 9.63. The highest BCUT2D eigenvalue weighted by molar-refractivity contribution is 7.64. The predicted octanol–water partition coefficient (Wildman–Crippen LogP) is 11.2. The monoisotopic (exact) mass is 795 g/mol. The molecule has 3 aromatic carbocycles. The maximum absolute atomic E-state index is 15.2. The summed E-state index contributed by atoms with van der Waals surface area (Å²) >= 11 is 0. The third kappa shape index (κ3) is 8.50. The molecule has 5 atom stereocenters. The minimum absolute atomic E-state index is 0.0460. The summed E-state index contributed by atoms with van der Waals surface area (Å²) in [5, 5.41) is 7.49. The Morgan fingerprint density at radius 2 is 1.26 bits per heavy atom. The summed E-state index contributed by atoms with van der Waals surface area (Å²) in [6.07, 6.45) is -17.1. The van der Waals surface area contributed by atoms with Gasteiger partial charge in [0.2, 0.25) is 0 Å². The molecule has 0 saturated carbocycles. The zero-order valence-corrected chi connectivity index (χ0v) is 28.5. The van der Waals surface area contributed by atoms with E-state index < -0.39 is 78.0 Å². The SMILES string of the molecule is C=C[C@H]1CN2CC[C@H]1C[C@@H]2[C@@H](NP(=O)(Nc1cc(C(F)(F)F)cc(C(F)(F)F)c1)Nc1cc(C(F)(F)F)cc(C(F)(F)F)c1)c1ccnc2ccccc12. The highest BCUT2D eigenvalue weighted by Gasteiger charge is 2.46. The number of nitrogens with zero attached hydrogens (tertiary/aromatic N) is 2. The van der Waals surface area contributed by atoms with Crippen LogP contribution < -0.4 is 15.3 Å². The molecular formula is C35H30F12N5OP. The molecule has 0 spiro atoms. The number of rotatable bonds is 9. The largest absolute Gasteiger partial charge is 0.416 e. The Balaban J connectivity index is 1.54. The van der Waals surface area contributed by atoms with E-state index in [0.717, 1.165) is 6.42 Å². The summed E-state index contributed by atoms with van der Waals surface area (Å²) in [5.41, 5.74) is -8.49. The molecule has 4 heterocycles. The number of para-hydroxylation sites is 1. The molecule has 0 amide bonds. The topological polar surface area (TPSA) is 69.3 Å². The van der Waals surface area contributed by atoms with E-state index in [-0.39, 0.29) is 48.2 Å². The predicted molar refractivity (Wildman–Crippen MR) is 177 cm³/mol. The van der Waals surface area contributed by atoms with E-state index in [0.29, 0.717) is 36.0 Å². The number of aromatic nitrogens is 1. The van der Waals surface area contributed by atoms with Crippen molar-refractivity contribution in [2.75, 3.05) is 23.3 Å². The highest BCUT2D eigenvalue weighted by atomic mass is 31.2. The van der Waals surface area contributed by atoms with Crippen LogP contribution in [-0.2, 0) is 29.3 Å². The van der Waals surface area contributed by atoms with Crippen LogP contribution in [0.4, 0.5) is 64.1 Å². The third-order valence-corrected chi connectivity index (χ3v) is 11.4. The number of anilines is 2. The van der Waals surface area contributed by atoms with Crippen molar-refractivity contribution in [2.24, 2.45) is 11.8 Å². The average molecular weight is 796 g/mol. The lowest BCUT2D eigenvalue weighted by Crippen LogP contribution is -2.56.